The van der Waals surface area contributed by atoms with Crippen molar-refractivity contribution >= 4 is 58.1 Å². The molecule has 0 aliphatic rings. The number of esters is 1. The van der Waals surface area contributed by atoms with Crippen LogP contribution < -0.4 is 16.4 Å². The Bertz CT molecular complexity index is 1830. The van der Waals surface area contributed by atoms with Crippen LogP contribution in [0.3, 0.4) is 0 Å². The Balaban J connectivity index is 2.15. The van der Waals surface area contributed by atoms with Gasteiger partial charge >= 0.3 is 12.1 Å². The summed E-state index contributed by atoms with van der Waals surface area (Å²) < 4.78 is 11.8. The Morgan fingerprint density at radius 3 is 2.14 bits per heavy atom. The Hall–Kier alpha value is -4.95. The SMILES string of the molecule is CC[C@H](C)[C@](C(=O)OC)(c1ccc(I)cc1)N(C(=O)CC(O)[C@H](Cc1ccc([N+](=O)[O-])cc1)NC(=O)[C@H](Cc1cnc[nH]1)NC(=O)C(C)N)C(=O)OC(C)(C)C. The second-order valence-electron chi connectivity index (χ2n) is 14.4. The number of carbonyl (C=O) groups excluding carboxylic acids is 5. The number of hydrogen-bond acceptors (Lipinski definition) is 12. The van der Waals surface area contributed by atoms with E-state index < -0.39 is 82.4 Å². The van der Waals surface area contributed by atoms with Gasteiger partial charge in [-0.1, -0.05) is 44.5 Å². The van der Waals surface area contributed by atoms with E-state index in [1.807, 2.05) is 0 Å². The molecular formula is C38H50IN7O10. The minimum atomic E-state index is -2.07. The maximum absolute atomic E-state index is 14.7. The number of H-pyrrole nitrogens is 1. The molecule has 0 fully saturated rings. The molecule has 2 unspecified atom stereocenters. The average Bonchev–Trinajstić information content (AvgIpc) is 3.65. The van der Waals surface area contributed by atoms with E-state index in [0.717, 1.165) is 10.7 Å². The zero-order valence-electron chi connectivity index (χ0n) is 32.4. The summed E-state index contributed by atoms with van der Waals surface area (Å²) in [5.74, 6) is -4.10. The number of aromatic amines is 1. The highest BCUT2D eigenvalue weighted by Crippen LogP contribution is 2.41. The summed E-state index contributed by atoms with van der Waals surface area (Å²) in [6.45, 7) is 9.68. The van der Waals surface area contributed by atoms with Crippen molar-refractivity contribution in [2.24, 2.45) is 11.7 Å². The lowest BCUT2D eigenvalue weighted by Crippen LogP contribution is -2.62. The number of hydrogen-bond donors (Lipinski definition) is 5. The number of halogens is 1. The number of methoxy groups -OCH3 is 1. The van der Waals surface area contributed by atoms with Crippen LogP contribution in [0.25, 0.3) is 0 Å². The lowest BCUT2D eigenvalue weighted by molar-refractivity contribution is -0.384. The smallest absolute Gasteiger partial charge is 0.418 e. The maximum Gasteiger partial charge on any atom is 0.418 e. The van der Waals surface area contributed by atoms with Crippen LogP contribution >= 0.6 is 22.6 Å². The number of aliphatic hydroxyl groups is 1. The molecule has 1 heterocycles. The molecule has 0 aliphatic heterocycles. The highest BCUT2D eigenvalue weighted by molar-refractivity contribution is 14.1. The van der Waals surface area contributed by atoms with Gasteiger partial charge in [-0.25, -0.2) is 19.5 Å². The number of benzene rings is 2. The van der Waals surface area contributed by atoms with Gasteiger partial charge in [0.1, 0.15) is 11.6 Å². The van der Waals surface area contributed by atoms with Crippen molar-refractivity contribution in [3.8, 4) is 0 Å². The van der Waals surface area contributed by atoms with Crippen LogP contribution in [0.5, 0.6) is 0 Å². The fourth-order valence-electron chi connectivity index (χ4n) is 6.06. The first-order valence-corrected chi connectivity index (χ1v) is 19.0. The monoisotopic (exact) mass is 891 g/mol. The molecule has 0 radical (unpaired) electrons. The van der Waals surface area contributed by atoms with E-state index in [-0.39, 0.29) is 24.1 Å². The van der Waals surface area contributed by atoms with E-state index in [2.05, 4.69) is 43.2 Å². The number of aliphatic hydroxyl groups excluding tert-OH is 1. The molecule has 0 bridgehead atoms. The first-order chi connectivity index (χ1) is 26.2. The zero-order valence-corrected chi connectivity index (χ0v) is 34.6. The van der Waals surface area contributed by atoms with Gasteiger partial charge in [0, 0.05) is 34.0 Å². The second-order valence-corrected chi connectivity index (χ2v) is 15.7. The summed E-state index contributed by atoms with van der Waals surface area (Å²) >= 11 is 2.08. The molecule has 0 saturated carbocycles. The van der Waals surface area contributed by atoms with Crippen LogP contribution in [0.4, 0.5) is 10.5 Å². The Morgan fingerprint density at radius 2 is 1.64 bits per heavy atom. The van der Waals surface area contributed by atoms with E-state index in [1.165, 1.54) is 43.7 Å². The first-order valence-electron chi connectivity index (χ1n) is 17.9. The fraction of sp³-hybridized carbons (Fsp3) is 0.474. The van der Waals surface area contributed by atoms with E-state index in [9.17, 15) is 39.2 Å². The standard InChI is InChI=1S/C38H50IN7O10/c1-8-22(2)38(35(51)55-7,25-11-13-26(39)14-12-25)45(36(52)56-37(4,5)6)32(48)19-31(47)29(17-24-9-15-28(16-10-24)46(53)54)43-34(50)30(44-33(49)23(3)40)18-27-20-41-21-42-27/h9-16,20-23,29-31,47H,8,17-19,40H2,1-7H3,(H,41,42)(H,43,50)(H,44,49)/t22-,23?,29-,30-,31?,38+/m0/s1. The second kappa shape index (κ2) is 19.8. The molecule has 4 amide bonds. The van der Waals surface area contributed by atoms with Crippen LogP contribution in [0.15, 0.2) is 61.1 Å². The van der Waals surface area contributed by atoms with Crippen LogP contribution in [0, 0.1) is 19.6 Å². The molecule has 56 heavy (non-hydrogen) atoms. The minimum Gasteiger partial charge on any atom is -0.467 e. The number of nitrogens with two attached hydrogens (primary N) is 1. The molecule has 3 aromatic rings. The van der Waals surface area contributed by atoms with Gasteiger partial charge in [0.05, 0.1) is 43.0 Å². The third-order valence-electron chi connectivity index (χ3n) is 9.09. The van der Waals surface area contributed by atoms with Crippen molar-refractivity contribution in [1.82, 2.24) is 25.5 Å². The van der Waals surface area contributed by atoms with Crippen molar-refractivity contribution < 1.29 is 43.5 Å². The lowest BCUT2D eigenvalue weighted by Gasteiger charge is -2.44. The molecule has 0 aliphatic carbocycles. The number of rotatable bonds is 17. The van der Waals surface area contributed by atoms with E-state index in [1.54, 1.807) is 58.9 Å². The number of ether oxygens (including phenoxy) is 2. The topological polar surface area (TPSA) is 249 Å². The molecule has 2 aromatic carbocycles. The number of non-ortho nitro benzene ring substituents is 1. The Kier molecular flexibility index (Phi) is 16.0. The minimum absolute atomic E-state index is 0.0530. The molecule has 304 valence electrons. The number of nitrogens with one attached hydrogen (secondary N) is 3. The number of carbonyl (C=O) groups is 5. The molecule has 1 aromatic heterocycles. The molecule has 3 rings (SSSR count). The van der Waals surface area contributed by atoms with Gasteiger partial charge < -0.3 is 35.9 Å². The highest BCUT2D eigenvalue weighted by atomic mass is 127. The van der Waals surface area contributed by atoms with Gasteiger partial charge in [0.25, 0.3) is 5.69 Å². The fourth-order valence-corrected chi connectivity index (χ4v) is 6.42. The van der Waals surface area contributed by atoms with Crippen LogP contribution in [-0.2, 0) is 47.0 Å². The average molecular weight is 892 g/mol. The van der Waals surface area contributed by atoms with Gasteiger partial charge in [-0.15, -0.1) is 0 Å². The number of imide groups is 1. The highest BCUT2D eigenvalue weighted by Gasteiger charge is 2.56. The number of nitro benzene ring substituents is 1. The predicted molar refractivity (Wildman–Crippen MR) is 213 cm³/mol. The zero-order chi connectivity index (χ0) is 42.0. The maximum atomic E-state index is 14.7. The quantitative estimate of drug-likeness (QED) is 0.0564. The summed E-state index contributed by atoms with van der Waals surface area (Å²) in [6, 6.07) is 8.51. The van der Waals surface area contributed by atoms with Gasteiger partial charge in [-0.2, -0.15) is 0 Å². The summed E-state index contributed by atoms with van der Waals surface area (Å²) in [5.41, 5.74) is 3.56. The van der Waals surface area contributed by atoms with Crippen molar-refractivity contribution in [3.05, 3.63) is 91.6 Å². The number of imidazole rings is 1. The van der Waals surface area contributed by atoms with E-state index in [4.69, 9.17) is 15.2 Å². The van der Waals surface area contributed by atoms with Crippen molar-refractivity contribution in [2.45, 2.75) is 103 Å². The first kappa shape index (κ1) is 45.4. The van der Waals surface area contributed by atoms with Gasteiger partial charge in [-0.05, 0) is 85.9 Å². The number of nitro groups is 1. The summed E-state index contributed by atoms with van der Waals surface area (Å²) in [7, 11) is 1.14. The predicted octanol–water partition coefficient (Wildman–Crippen LogP) is 3.65. The molecular weight excluding hydrogens is 841 g/mol. The molecule has 17 nitrogen and oxygen atoms in total. The Labute approximate surface area is 338 Å². The van der Waals surface area contributed by atoms with Crippen molar-refractivity contribution in [1.29, 1.82) is 0 Å². The third-order valence-corrected chi connectivity index (χ3v) is 9.81. The van der Waals surface area contributed by atoms with Crippen molar-refractivity contribution in [2.75, 3.05) is 7.11 Å². The Morgan fingerprint density at radius 1 is 1.02 bits per heavy atom. The van der Waals surface area contributed by atoms with Gasteiger partial charge in [0.15, 0.2) is 5.54 Å². The normalized spacial score (nSPS) is 15.2. The summed E-state index contributed by atoms with van der Waals surface area (Å²) in [5, 5.41) is 28.6. The van der Waals surface area contributed by atoms with Crippen molar-refractivity contribution in [3.63, 3.8) is 0 Å². The summed E-state index contributed by atoms with van der Waals surface area (Å²) in [6.07, 6.45) is -0.806. The molecule has 0 spiro atoms. The van der Waals surface area contributed by atoms with Crippen LogP contribution in [-0.4, -0.2) is 91.6 Å². The van der Waals surface area contributed by atoms with Crippen LogP contribution in [0.2, 0.25) is 0 Å². The largest absolute Gasteiger partial charge is 0.467 e. The van der Waals surface area contributed by atoms with E-state index >= 15 is 0 Å². The number of aromatic nitrogens is 2. The van der Waals surface area contributed by atoms with Crippen LogP contribution in [0.1, 0.15) is 71.2 Å². The summed E-state index contributed by atoms with van der Waals surface area (Å²) in [4.78, 5) is 88.0. The molecule has 6 atom stereocenters. The third kappa shape index (κ3) is 11.5. The molecule has 18 heteroatoms. The number of amides is 4. The molecule has 0 saturated heterocycles. The lowest BCUT2D eigenvalue weighted by atomic mass is 9.75. The van der Waals surface area contributed by atoms with Gasteiger partial charge in [0.2, 0.25) is 17.7 Å². The molecule has 6 N–H and O–H groups in total. The van der Waals surface area contributed by atoms with E-state index in [0.29, 0.717) is 22.6 Å². The number of nitrogens with zero attached hydrogens (tertiary/aromatic N) is 3. The van der Waals surface area contributed by atoms with Gasteiger partial charge in [-0.3, -0.25) is 24.5 Å².